The molecular formula is C28H29N7O2. The summed E-state index contributed by atoms with van der Waals surface area (Å²) in [6.45, 7) is 4.52. The normalized spacial score (nSPS) is 11.1. The number of benzene rings is 2. The van der Waals surface area contributed by atoms with Gasteiger partial charge in [-0.2, -0.15) is 0 Å². The zero-order valence-corrected chi connectivity index (χ0v) is 21.2. The third kappa shape index (κ3) is 4.80. The molecule has 0 saturated carbocycles. The first kappa shape index (κ1) is 24.2. The fourth-order valence-electron chi connectivity index (χ4n) is 4.57. The number of tetrazole rings is 1. The molecule has 0 aliphatic rings. The quantitative estimate of drug-likeness (QED) is 0.321. The Morgan fingerprint density at radius 2 is 1.86 bits per heavy atom. The van der Waals surface area contributed by atoms with E-state index in [2.05, 4.69) is 27.5 Å². The first-order valence-corrected chi connectivity index (χ1v) is 12.3. The van der Waals surface area contributed by atoms with Crippen molar-refractivity contribution in [1.82, 2.24) is 34.7 Å². The van der Waals surface area contributed by atoms with E-state index in [1.54, 1.807) is 11.7 Å². The van der Waals surface area contributed by atoms with Gasteiger partial charge in [-0.05, 0) is 53.5 Å². The number of hydrogen-bond donors (Lipinski definition) is 1. The lowest BCUT2D eigenvalue weighted by molar-refractivity contribution is 0.412. The fraction of sp³-hybridized carbons (Fsp3) is 0.250. The minimum absolute atomic E-state index is 0.104. The molecule has 9 nitrogen and oxygen atoms in total. The summed E-state index contributed by atoms with van der Waals surface area (Å²) in [6.07, 6.45) is 6.62. The van der Waals surface area contributed by atoms with E-state index < -0.39 is 0 Å². The Morgan fingerprint density at radius 3 is 2.57 bits per heavy atom. The van der Waals surface area contributed by atoms with Gasteiger partial charge in [-0.25, -0.2) is 9.89 Å². The Kier molecular flexibility index (Phi) is 6.93. The van der Waals surface area contributed by atoms with Crippen molar-refractivity contribution in [2.45, 2.75) is 39.7 Å². The van der Waals surface area contributed by atoms with Crippen LogP contribution in [-0.4, -0.2) is 41.9 Å². The van der Waals surface area contributed by atoms with Crippen LogP contribution in [0.1, 0.15) is 36.7 Å². The van der Waals surface area contributed by atoms with Crippen LogP contribution in [0.15, 0.2) is 71.8 Å². The summed E-state index contributed by atoms with van der Waals surface area (Å²) >= 11 is 0. The molecule has 3 heterocycles. The maximum Gasteiger partial charge on any atom is 0.333 e. The Labute approximate surface area is 214 Å². The second kappa shape index (κ2) is 10.6. The number of imidazole rings is 1. The minimum Gasteiger partial charge on any atom is -0.495 e. The van der Waals surface area contributed by atoms with E-state index in [-0.39, 0.29) is 5.69 Å². The van der Waals surface area contributed by atoms with Gasteiger partial charge in [0.25, 0.3) is 0 Å². The predicted molar refractivity (Wildman–Crippen MR) is 142 cm³/mol. The molecule has 0 saturated heterocycles. The lowest BCUT2D eigenvalue weighted by Gasteiger charge is -2.11. The second-order valence-electron chi connectivity index (χ2n) is 8.92. The molecule has 0 radical (unpaired) electrons. The molecular weight excluding hydrogens is 466 g/mol. The first-order chi connectivity index (χ1) is 18.1. The number of nitrogens with zero attached hydrogens (tertiary/aromatic N) is 6. The number of methoxy groups -OCH3 is 1. The molecule has 0 aliphatic heterocycles. The topological polar surface area (TPSA) is 104 Å². The van der Waals surface area contributed by atoms with Crippen molar-refractivity contribution in [3.63, 3.8) is 0 Å². The average Bonchev–Trinajstić information content (AvgIpc) is 3.57. The molecule has 1 N–H and O–H groups in total. The maximum absolute atomic E-state index is 13.7. The van der Waals surface area contributed by atoms with Crippen molar-refractivity contribution >= 4 is 0 Å². The Morgan fingerprint density at radius 1 is 1.03 bits per heavy atom. The zero-order chi connectivity index (χ0) is 25.8. The van der Waals surface area contributed by atoms with Gasteiger partial charge in [0, 0.05) is 29.2 Å². The van der Waals surface area contributed by atoms with Gasteiger partial charge in [-0.3, -0.25) is 14.1 Å². The van der Waals surface area contributed by atoms with Gasteiger partial charge in [-0.1, -0.05) is 55.8 Å². The zero-order valence-electron chi connectivity index (χ0n) is 21.2. The summed E-state index contributed by atoms with van der Waals surface area (Å²) < 4.78 is 9.10. The highest BCUT2D eigenvalue weighted by Gasteiger charge is 2.18. The Hall–Kier alpha value is -4.53. The number of aromatic amines is 1. The molecule has 0 spiro atoms. The van der Waals surface area contributed by atoms with Crippen molar-refractivity contribution in [3.8, 4) is 34.0 Å². The van der Waals surface area contributed by atoms with Crippen molar-refractivity contribution < 1.29 is 4.74 Å². The van der Waals surface area contributed by atoms with Crippen LogP contribution >= 0.6 is 0 Å². The van der Waals surface area contributed by atoms with Gasteiger partial charge in [0.1, 0.15) is 5.75 Å². The number of nitrogens with one attached hydrogen (secondary N) is 1. The molecule has 0 unspecified atom stereocenters. The molecule has 0 atom stereocenters. The third-order valence-electron chi connectivity index (χ3n) is 6.49. The maximum atomic E-state index is 13.7. The largest absolute Gasteiger partial charge is 0.495 e. The van der Waals surface area contributed by atoms with Crippen LogP contribution in [0.3, 0.4) is 0 Å². The van der Waals surface area contributed by atoms with E-state index in [9.17, 15) is 4.79 Å². The number of pyridine rings is 1. The van der Waals surface area contributed by atoms with Crippen LogP contribution < -0.4 is 10.4 Å². The number of para-hydroxylation sites is 1. The van der Waals surface area contributed by atoms with Crippen LogP contribution in [0.4, 0.5) is 0 Å². The van der Waals surface area contributed by atoms with E-state index in [1.165, 1.54) is 0 Å². The van der Waals surface area contributed by atoms with Crippen LogP contribution in [0.2, 0.25) is 0 Å². The molecule has 9 heteroatoms. The van der Waals surface area contributed by atoms with Crippen LogP contribution in [0.25, 0.3) is 28.2 Å². The van der Waals surface area contributed by atoms with E-state index in [0.717, 1.165) is 58.6 Å². The van der Waals surface area contributed by atoms with E-state index in [4.69, 9.17) is 9.72 Å². The third-order valence-corrected chi connectivity index (χ3v) is 6.49. The highest BCUT2D eigenvalue weighted by Crippen LogP contribution is 2.29. The van der Waals surface area contributed by atoms with Gasteiger partial charge in [0.2, 0.25) is 0 Å². The standard InChI is InChI=1S/C28H29N7O2/c1-4-5-10-22-18-35(26-19(2)9-8-13-25(26)37-3)28(36)34(22)17-21-15-14-20(16-29-21)23-11-6-7-12-24(23)27-30-32-33-31-27/h6-9,11-16,18H,4-5,10,17H2,1-3H3,(H,30,31,32,33). The monoisotopic (exact) mass is 495 g/mol. The SMILES string of the molecule is CCCCc1cn(-c2c(C)cccc2OC)c(=O)n1Cc1ccc(-c2ccccc2-c2nnn[nH]2)cn1. The molecule has 3 aromatic heterocycles. The fourth-order valence-corrected chi connectivity index (χ4v) is 4.57. The smallest absolute Gasteiger partial charge is 0.333 e. The predicted octanol–water partition coefficient (Wildman–Crippen LogP) is 4.59. The summed E-state index contributed by atoms with van der Waals surface area (Å²) in [6, 6.07) is 17.7. The molecule has 188 valence electrons. The van der Waals surface area contributed by atoms with Gasteiger partial charge in [-0.15, -0.1) is 5.10 Å². The molecule has 2 aromatic carbocycles. The molecule has 0 fully saturated rings. The summed E-state index contributed by atoms with van der Waals surface area (Å²) in [5.41, 5.74) is 6.23. The highest BCUT2D eigenvalue weighted by molar-refractivity contribution is 5.79. The number of aryl methyl sites for hydroxylation is 2. The van der Waals surface area contributed by atoms with Crippen molar-refractivity contribution in [2.75, 3.05) is 7.11 Å². The van der Waals surface area contributed by atoms with Crippen LogP contribution in [0.5, 0.6) is 5.75 Å². The van der Waals surface area contributed by atoms with Crippen molar-refractivity contribution in [2.24, 2.45) is 0 Å². The Balaban J connectivity index is 1.50. The van der Waals surface area contributed by atoms with E-state index >= 15 is 0 Å². The number of aromatic nitrogens is 7. The lowest BCUT2D eigenvalue weighted by atomic mass is 10.0. The molecule has 5 aromatic rings. The van der Waals surface area contributed by atoms with Gasteiger partial charge >= 0.3 is 5.69 Å². The second-order valence-corrected chi connectivity index (χ2v) is 8.92. The molecule has 37 heavy (non-hydrogen) atoms. The van der Waals surface area contributed by atoms with Gasteiger partial charge in [0.15, 0.2) is 5.82 Å². The summed E-state index contributed by atoms with van der Waals surface area (Å²) in [4.78, 5) is 18.4. The summed E-state index contributed by atoms with van der Waals surface area (Å²) in [5.74, 6) is 1.27. The average molecular weight is 496 g/mol. The van der Waals surface area contributed by atoms with E-state index in [0.29, 0.717) is 18.1 Å². The summed E-state index contributed by atoms with van der Waals surface area (Å²) in [5, 5.41) is 14.3. The molecule has 0 bridgehead atoms. The molecule has 0 amide bonds. The number of hydrogen-bond acceptors (Lipinski definition) is 6. The number of unbranched alkanes of at least 4 members (excludes halogenated alkanes) is 1. The van der Waals surface area contributed by atoms with Crippen LogP contribution in [0, 0.1) is 6.92 Å². The van der Waals surface area contributed by atoms with Gasteiger partial charge in [0.05, 0.1) is 25.0 Å². The summed E-state index contributed by atoms with van der Waals surface area (Å²) in [7, 11) is 1.63. The minimum atomic E-state index is -0.104. The van der Waals surface area contributed by atoms with E-state index in [1.807, 2.05) is 78.5 Å². The number of rotatable bonds is 9. The Bertz CT molecular complexity index is 1550. The number of ether oxygens (including phenoxy) is 1. The van der Waals surface area contributed by atoms with Crippen molar-refractivity contribution in [3.05, 3.63) is 94.4 Å². The highest BCUT2D eigenvalue weighted by atomic mass is 16.5. The lowest BCUT2D eigenvalue weighted by Crippen LogP contribution is -2.25. The molecule has 0 aliphatic carbocycles. The number of H-pyrrole nitrogens is 1. The van der Waals surface area contributed by atoms with Crippen LogP contribution in [-0.2, 0) is 13.0 Å². The molecule has 5 rings (SSSR count). The first-order valence-electron chi connectivity index (χ1n) is 12.3. The van der Waals surface area contributed by atoms with Gasteiger partial charge < -0.3 is 4.74 Å². The van der Waals surface area contributed by atoms with Crippen molar-refractivity contribution in [1.29, 1.82) is 0 Å².